The van der Waals surface area contributed by atoms with Gasteiger partial charge in [-0.25, -0.2) is 4.79 Å². The van der Waals surface area contributed by atoms with Gasteiger partial charge in [-0.2, -0.15) is 0 Å². The first-order chi connectivity index (χ1) is 11.0. The number of aliphatic carboxylic acids is 1. The van der Waals surface area contributed by atoms with E-state index < -0.39 is 11.5 Å². The highest BCUT2D eigenvalue weighted by Crippen LogP contribution is 2.42. The number of fused-ring (bicyclic) bond motifs is 1. The van der Waals surface area contributed by atoms with Crippen LogP contribution in [0.15, 0.2) is 24.3 Å². The Balaban J connectivity index is 0.000000924. The number of nitrogens with zero attached hydrogens (tertiary/aromatic N) is 1. The summed E-state index contributed by atoms with van der Waals surface area (Å²) in [4.78, 5) is 25.0. The zero-order chi connectivity index (χ0) is 17.0. The summed E-state index contributed by atoms with van der Waals surface area (Å²) < 4.78 is 5.74. The molecule has 1 amide bonds. The predicted molar refractivity (Wildman–Crippen MR) is 87.4 cm³/mol. The number of aryl methyl sites for hydroxylation is 1. The molecule has 1 aromatic carbocycles. The van der Waals surface area contributed by atoms with Crippen molar-refractivity contribution in [1.29, 1.82) is 0 Å². The van der Waals surface area contributed by atoms with Gasteiger partial charge in [-0.05, 0) is 31.9 Å². The lowest BCUT2D eigenvalue weighted by atomic mass is 9.90. The Kier molecular flexibility index (Phi) is 5.29. The highest BCUT2D eigenvalue weighted by molar-refractivity contribution is 5.91. The second-order valence-corrected chi connectivity index (χ2v) is 6.04. The number of ether oxygens (including phenoxy) is 1. The van der Waals surface area contributed by atoms with Crippen molar-refractivity contribution in [3.63, 3.8) is 0 Å². The van der Waals surface area contributed by atoms with Crippen molar-refractivity contribution in [2.24, 2.45) is 5.92 Å². The van der Waals surface area contributed by atoms with E-state index >= 15 is 0 Å². The van der Waals surface area contributed by atoms with Crippen LogP contribution in [0.2, 0.25) is 0 Å². The van der Waals surface area contributed by atoms with Crippen molar-refractivity contribution in [2.75, 3.05) is 13.2 Å². The quantitative estimate of drug-likeness (QED) is 0.926. The first-order valence-corrected chi connectivity index (χ1v) is 8.24. The molecule has 2 heterocycles. The Labute approximate surface area is 137 Å². The number of amides is 1. The fraction of sp³-hybridized carbons (Fsp3) is 0.556. The van der Waals surface area contributed by atoms with Crippen LogP contribution in [0.25, 0.3) is 0 Å². The zero-order valence-electron chi connectivity index (χ0n) is 14.0. The van der Waals surface area contributed by atoms with Crippen LogP contribution in [-0.2, 0) is 9.59 Å². The van der Waals surface area contributed by atoms with Crippen LogP contribution >= 0.6 is 0 Å². The Morgan fingerprint density at radius 1 is 1.35 bits per heavy atom. The molecule has 2 unspecified atom stereocenters. The summed E-state index contributed by atoms with van der Waals surface area (Å²) in [6, 6.07) is 7.77. The Hall–Kier alpha value is -2.04. The SMILES string of the molecule is CC.Cc1ccc(OCC2CN3C(=O)CCC3(C(=O)O)C2)cc1. The molecule has 0 saturated carbocycles. The molecule has 126 valence electrons. The second-order valence-electron chi connectivity index (χ2n) is 6.04. The predicted octanol–water partition coefficient (Wildman–Crippen LogP) is 2.87. The number of benzene rings is 1. The van der Waals surface area contributed by atoms with E-state index in [2.05, 4.69) is 0 Å². The van der Waals surface area contributed by atoms with Gasteiger partial charge in [0.25, 0.3) is 0 Å². The van der Waals surface area contributed by atoms with E-state index in [1.165, 1.54) is 5.56 Å². The van der Waals surface area contributed by atoms with E-state index in [0.717, 1.165) is 5.75 Å². The largest absolute Gasteiger partial charge is 0.493 e. The first kappa shape index (κ1) is 17.3. The van der Waals surface area contributed by atoms with Crippen LogP contribution in [0.1, 0.15) is 38.7 Å². The van der Waals surface area contributed by atoms with Crippen LogP contribution in [0, 0.1) is 12.8 Å². The number of carboxylic acid groups (broad SMARTS) is 1. The van der Waals surface area contributed by atoms with E-state index in [-0.39, 0.29) is 11.8 Å². The van der Waals surface area contributed by atoms with E-state index in [0.29, 0.717) is 32.4 Å². The molecule has 0 radical (unpaired) electrons. The van der Waals surface area contributed by atoms with Gasteiger partial charge in [0.15, 0.2) is 0 Å². The molecule has 0 aliphatic carbocycles. The third kappa shape index (κ3) is 3.33. The fourth-order valence-electron chi connectivity index (χ4n) is 3.38. The van der Waals surface area contributed by atoms with Gasteiger partial charge in [-0.15, -0.1) is 0 Å². The van der Waals surface area contributed by atoms with Gasteiger partial charge in [0.2, 0.25) is 5.91 Å². The number of hydrogen-bond acceptors (Lipinski definition) is 3. The minimum Gasteiger partial charge on any atom is -0.493 e. The molecular weight excluding hydrogens is 294 g/mol. The van der Waals surface area contributed by atoms with Gasteiger partial charge in [0.1, 0.15) is 11.3 Å². The lowest BCUT2D eigenvalue weighted by Crippen LogP contribution is -2.47. The van der Waals surface area contributed by atoms with E-state index in [1.54, 1.807) is 4.90 Å². The van der Waals surface area contributed by atoms with Gasteiger partial charge in [-0.1, -0.05) is 31.5 Å². The standard InChI is InChI=1S/C16H19NO4.C2H6/c1-11-2-4-13(5-3-11)21-10-12-8-16(15(19)20)7-6-14(18)17(16)9-12;1-2/h2-5,12H,6-10H2,1H3,(H,19,20);1-2H3. The number of carbonyl (C=O) groups is 2. The van der Waals surface area contributed by atoms with Crippen molar-refractivity contribution >= 4 is 11.9 Å². The van der Waals surface area contributed by atoms with Crippen molar-refractivity contribution in [3.05, 3.63) is 29.8 Å². The molecule has 2 aliphatic heterocycles. The van der Waals surface area contributed by atoms with E-state index in [9.17, 15) is 14.7 Å². The lowest BCUT2D eigenvalue weighted by Gasteiger charge is -2.26. The molecule has 0 aromatic heterocycles. The molecule has 3 rings (SSSR count). The van der Waals surface area contributed by atoms with Crippen molar-refractivity contribution in [2.45, 2.75) is 45.6 Å². The molecule has 1 N–H and O–H groups in total. The molecular formula is C18H25NO4. The summed E-state index contributed by atoms with van der Waals surface area (Å²) in [5.74, 6) is -0.0727. The van der Waals surface area contributed by atoms with E-state index in [1.807, 2.05) is 45.0 Å². The number of rotatable bonds is 4. The Morgan fingerprint density at radius 2 is 2.00 bits per heavy atom. The summed E-state index contributed by atoms with van der Waals surface area (Å²) in [7, 11) is 0. The van der Waals surface area contributed by atoms with Crippen molar-refractivity contribution in [3.8, 4) is 5.75 Å². The van der Waals surface area contributed by atoms with Gasteiger partial charge in [-0.3, -0.25) is 4.79 Å². The summed E-state index contributed by atoms with van der Waals surface area (Å²) in [5.41, 5.74) is 0.178. The van der Waals surface area contributed by atoms with Crippen molar-refractivity contribution in [1.82, 2.24) is 4.90 Å². The van der Waals surface area contributed by atoms with Crippen LogP contribution in [-0.4, -0.2) is 40.6 Å². The Morgan fingerprint density at radius 3 is 2.57 bits per heavy atom. The molecule has 5 heteroatoms. The fourth-order valence-corrected chi connectivity index (χ4v) is 3.38. The third-order valence-corrected chi connectivity index (χ3v) is 4.54. The average molecular weight is 319 g/mol. The van der Waals surface area contributed by atoms with E-state index in [4.69, 9.17) is 4.74 Å². The number of carbonyl (C=O) groups excluding carboxylic acids is 1. The van der Waals surface area contributed by atoms with Gasteiger partial charge >= 0.3 is 5.97 Å². The maximum Gasteiger partial charge on any atom is 0.329 e. The molecule has 23 heavy (non-hydrogen) atoms. The minimum atomic E-state index is -0.988. The topological polar surface area (TPSA) is 66.8 Å². The van der Waals surface area contributed by atoms with Crippen molar-refractivity contribution < 1.29 is 19.4 Å². The van der Waals surface area contributed by atoms with Crippen LogP contribution in [0.5, 0.6) is 5.75 Å². The molecule has 2 atom stereocenters. The second kappa shape index (κ2) is 7.02. The molecule has 2 aliphatic rings. The molecule has 2 saturated heterocycles. The molecule has 2 fully saturated rings. The molecule has 5 nitrogen and oxygen atoms in total. The zero-order valence-corrected chi connectivity index (χ0v) is 14.0. The molecule has 0 spiro atoms. The van der Waals surface area contributed by atoms with Crippen LogP contribution < -0.4 is 4.74 Å². The summed E-state index contributed by atoms with van der Waals surface area (Å²) in [6.45, 7) is 6.94. The minimum absolute atomic E-state index is 0.0461. The highest BCUT2D eigenvalue weighted by atomic mass is 16.5. The third-order valence-electron chi connectivity index (χ3n) is 4.54. The van der Waals surface area contributed by atoms with Gasteiger partial charge in [0.05, 0.1) is 6.61 Å². The summed E-state index contributed by atoms with van der Waals surface area (Å²) in [6.07, 6.45) is 1.25. The molecule has 1 aromatic rings. The summed E-state index contributed by atoms with van der Waals surface area (Å²) in [5, 5.41) is 9.49. The molecule has 0 bridgehead atoms. The van der Waals surface area contributed by atoms with Crippen LogP contribution in [0.4, 0.5) is 0 Å². The maximum atomic E-state index is 11.8. The first-order valence-electron chi connectivity index (χ1n) is 8.24. The highest BCUT2D eigenvalue weighted by Gasteiger charge is 2.57. The summed E-state index contributed by atoms with van der Waals surface area (Å²) >= 11 is 0. The maximum absolute atomic E-state index is 11.8. The van der Waals surface area contributed by atoms with Crippen LogP contribution in [0.3, 0.4) is 0 Å². The van der Waals surface area contributed by atoms with Gasteiger partial charge in [0, 0.05) is 18.9 Å². The number of carboxylic acids is 1. The smallest absolute Gasteiger partial charge is 0.329 e. The normalized spacial score (nSPS) is 25.6. The average Bonchev–Trinajstić information content (AvgIpc) is 3.07. The number of hydrogen-bond donors (Lipinski definition) is 1. The monoisotopic (exact) mass is 319 g/mol. The lowest BCUT2D eigenvalue weighted by molar-refractivity contribution is -0.151. The van der Waals surface area contributed by atoms with Gasteiger partial charge < -0.3 is 14.7 Å². The Bertz CT molecular complexity index is 569.